The molecule has 0 radical (unpaired) electrons. The Balaban J connectivity index is 0.00000181. The number of nitriles is 1. The highest BCUT2D eigenvalue weighted by atomic mass is 32.1. The van der Waals surface area contributed by atoms with Gasteiger partial charge in [0.05, 0.1) is 22.6 Å². The normalized spacial score (nSPS) is 16.3. The first kappa shape index (κ1) is 45.6. The van der Waals surface area contributed by atoms with Gasteiger partial charge in [-0.15, -0.1) is 11.3 Å². The number of fused-ring (bicyclic) bond motifs is 1. The summed E-state index contributed by atoms with van der Waals surface area (Å²) in [5.74, 6) is 1.30. The average molecular weight is 750 g/mol. The summed E-state index contributed by atoms with van der Waals surface area (Å²) in [6, 6.07) is 5.56. The Morgan fingerprint density at radius 1 is 1.00 bits per heavy atom. The largest absolute Gasteiger partial charge is 0.478 e. The summed E-state index contributed by atoms with van der Waals surface area (Å²) in [5, 5.41) is 10.7. The quantitative estimate of drug-likeness (QED) is 0.151. The van der Waals surface area contributed by atoms with Crippen LogP contribution < -0.4 is 0 Å². The van der Waals surface area contributed by atoms with Crippen LogP contribution in [-0.4, -0.2) is 35.6 Å². The molecule has 292 valence electrons. The van der Waals surface area contributed by atoms with Crippen molar-refractivity contribution in [1.29, 1.82) is 5.26 Å². The van der Waals surface area contributed by atoms with Gasteiger partial charge in [0.1, 0.15) is 23.5 Å². The van der Waals surface area contributed by atoms with E-state index < -0.39 is 11.6 Å². The standard InChI is InChI=1S/C41H57F2N3OS.C4H8O/c1-12-15-28(10)24-47-38(16-13-2)45-36-22-32(30-18-19-34(42)41-39(30)33(23-44)40(48-41)27(8)9)35(43)21-31(36)29(11)46(14-3)37(26(6)7)20-17-25(4)5;1-3-4(2)5/h16,18-19,21-22,25-28,37H,12-15,17,20,24H2,1-11H3;3H2,1-2H3/b31-29+,38-16-,45-36-;. The third-order valence-electron chi connectivity index (χ3n) is 9.61. The summed E-state index contributed by atoms with van der Waals surface area (Å²) in [5.41, 5.74) is 3.44. The van der Waals surface area contributed by atoms with Gasteiger partial charge in [0.25, 0.3) is 0 Å². The summed E-state index contributed by atoms with van der Waals surface area (Å²) in [4.78, 5) is 18.1. The molecule has 5 nitrogen and oxygen atoms in total. The van der Waals surface area contributed by atoms with Crippen LogP contribution in [0.4, 0.5) is 8.78 Å². The maximum absolute atomic E-state index is 16.6. The Bertz CT molecular complexity index is 1740. The van der Waals surface area contributed by atoms with Crippen molar-refractivity contribution < 1.29 is 18.3 Å². The first-order valence-electron chi connectivity index (χ1n) is 19.7. The lowest BCUT2D eigenvalue weighted by atomic mass is 9.89. The number of benzene rings is 1. The van der Waals surface area contributed by atoms with Crippen LogP contribution in [0.15, 0.2) is 58.3 Å². The summed E-state index contributed by atoms with van der Waals surface area (Å²) in [6.45, 7) is 28.3. The predicted octanol–water partition coefficient (Wildman–Crippen LogP) is 13.5. The van der Waals surface area contributed by atoms with Crippen LogP contribution in [0.5, 0.6) is 0 Å². The van der Waals surface area contributed by atoms with Crippen LogP contribution in [0.3, 0.4) is 0 Å². The number of aliphatic imine (C=N–C) groups is 1. The number of allylic oxidation sites excluding steroid dienone is 7. The number of hydrogen-bond acceptors (Lipinski definition) is 6. The average Bonchev–Trinajstić information content (AvgIpc) is 3.51. The zero-order valence-corrected chi connectivity index (χ0v) is 35.6. The Kier molecular flexibility index (Phi) is 18.9. The number of Topliss-reactive ketones (excluding diaryl/α,β-unsaturated/α-hetero) is 1. The Morgan fingerprint density at radius 3 is 2.17 bits per heavy atom. The van der Waals surface area contributed by atoms with Crippen molar-refractivity contribution in [3.63, 3.8) is 0 Å². The minimum Gasteiger partial charge on any atom is -0.478 e. The molecule has 0 bridgehead atoms. The van der Waals surface area contributed by atoms with Crippen molar-refractivity contribution in [2.45, 2.75) is 140 Å². The first-order chi connectivity index (χ1) is 25.1. The number of thiophene rings is 1. The van der Waals surface area contributed by atoms with E-state index in [1.54, 1.807) is 25.1 Å². The summed E-state index contributed by atoms with van der Waals surface area (Å²) < 4.78 is 38.5. The first-order valence-corrected chi connectivity index (χ1v) is 20.5. The van der Waals surface area contributed by atoms with Crippen LogP contribution in [0.1, 0.15) is 150 Å². The van der Waals surface area contributed by atoms with Gasteiger partial charge in [-0.2, -0.15) is 5.26 Å². The van der Waals surface area contributed by atoms with E-state index >= 15 is 8.78 Å². The highest BCUT2D eigenvalue weighted by Crippen LogP contribution is 2.43. The van der Waals surface area contributed by atoms with Crippen molar-refractivity contribution in [2.75, 3.05) is 13.2 Å². The van der Waals surface area contributed by atoms with Gasteiger partial charge < -0.3 is 14.4 Å². The molecular weight excluding hydrogens is 685 g/mol. The van der Waals surface area contributed by atoms with Gasteiger partial charge in [0.15, 0.2) is 0 Å². The maximum atomic E-state index is 16.6. The monoisotopic (exact) mass is 749 g/mol. The number of carbonyl (C=O) groups excluding carboxylic acids is 1. The topological polar surface area (TPSA) is 65.7 Å². The molecule has 0 N–H and O–H groups in total. The number of ketones is 1. The van der Waals surface area contributed by atoms with Gasteiger partial charge in [-0.05, 0) is 100.0 Å². The minimum absolute atomic E-state index is 0.0259. The number of nitrogens with zero attached hydrogens (tertiary/aromatic N) is 3. The minimum atomic E-state index is -0.435. The zero-order valence-electron chi connectivity index (χ0n) is 34.8. The van der Waals surface area contributed by atoms with Gasteiger partial charge in [-0.3, -0.25) is 0 Å². The Labute approximate surface area is 323 Å². The zero-order chi connectivity index (χ0) is 40.0. The SMILES string of the molecule is CC/C=C(/N=C1/C=C(c2ccc(F)c3sc(C(C)C)c(C#N)c23)C(F)=C/C1=C(/C)N(CC)C(CCC(C)C)C(C)C)OCC(C)CCC.CCC(C)=O. The third kappa shape index (κ3) is 12.5. The molecule has 0 fully saturated rings. The van der Waals surface area contributed by atoms with Crippen LogP contribution >= 0.6 is 11.3 Å². The van der Waals surface area contributed by atoms with Gasteiger partial charge in [0.2, 0.25) is 5.88 Å². The van der Waals surface area contributed by atoms with Crippen LogP contribution in [-0.2, 0) is 9.53 Å². The number of rotatable bonds is 17. The van der Waals surface area contributed by atoms with Crippen molar-refractivity contribution in [2.24, 2.45) is 22.7 Å². The summed E-state index contributed by atoms with van der Waals surface area (Å²) in [7, 11) is 0. The number of hydrogen-bond donors (Lipinski definition) is 0. The van der Waals surface area contributed by atoms with Crippen molar-refractivity contribution >= 4 is 38.5 Å². The lowest BCUT2D eigenvalue weighted by molar-refractivity contribution is -0.116. The molecule has 1 aromatic carbocycles. The molecule has 2 aromatic rings. The predicted molar refractivity (Wildman–Crippen MR) is 222 cm³/mol. The molecule has 1 aliphatic carbocycles. The lowest BCUT2D eigenvalue weighted by Gasteiger charge is -2.38. The van der Waals surface area contributed by atoms with Gasteiger partial charge in [-0.1, -0.05) is 81.7 Å². The molecule has 2 atom stereocenters. The molecule has 0 aliphatic heterocycles. The number of carbonyl (C=O) groups is 1. The highest BCUT2D eigenvalue weighted by molar-refractivity contribution is 7.19. The Hall–Kier alpha value is -3.57. The van der Waals surface area contributed by atoms with E-state index in [-0.39, 0.29) is 17.7 Å². The fraction of sp³-hybridized carbons (Fsp3) is 0.578. The van der Waals surface area contributed by atoms with Gasteiger partial charge in [0, 0.05) is 46.1 Å². The molecule has 0 saturated carbocycles. The van der Waals surface area contributed by atoms with E-state index in [0.29, 0.717) is 74.7 Å². The molecule has 1 aliphatic rings. The molecule has 8 heteroatoms. The third-order valence-corrected chi connectivity index (χ3v) is 11.1. The number of halogens is 2. The van der Waals surface area contributed by atoms with Crippen molar-refractivity contribution in [3.05, 3.63) is 75.2 Å². The summed E-state index contributed by atoms with van der Waals surface area (Å²) in [6.07, 6.45) is 11.0. The maximum Gasteiger partial charge on any atom is 0.209 e. The second kappa shape index (κ2) is 22.0. The molecule has 1 aromatic heterocycles. The van der Waals surface area contributed by atoms with Crippen molar-refractivity contribution in [1.82, 2.24) is 4.90 Å². The highest BCUT2D eigenvalue weighted by Gasteiger charge is 2.29. The van der Waals surface area contributed by atoms with Gasteiger partial charge >= 0.3 is 0 Å². The van der Waals surface area contributed by atoms with E-state index in [1.165, 1.54) is 17.4 Å². The van der Waals surface area contributed by atoms with E-state index in [9.17, 15) is 10.1 Å². The second-order valence-corrected chi connectivity index (χ2v) is 16.3. The molecule has 3 rings (SSSR count). The molecule has 0 saturated heterocycles. The van der Waals surface area contributed by atoms with Crippen molar-refractivity contribution in [3.8, 4) is 6.07 Å². The van der Waals surface area contributed by atoms with E-state index in [4.69, 9.17) is 9.73 Å². The van der Waals surface area contributed by atoms with E-state index in [0.717, 1.165) is 49.2 Å². The summed E-state index contributed by atoms with van der Waals surface area (Å²) >= 11 is 1.28. The molecule has 0 spiro atoms. The number of ether oxygens (including phenoxy) is 1. The molecule has 53 heavy (non-hydrogen) atoms. The fourth-order valence-corrected chi connectivity index (χ4v) is 7.73. The van der Waals surface area contributed by atoms with Crippen LogP contribution in [0.25, 0.3) is 15.7 Å². The Morgan fingerprint density at radius 2 is 1.66 bits per heavy atom. The lowest BCUT2D eigenvalue weighted by Crippen LogP contribution is -2.39. The van der Waals surface area contributed by atoms with Crippen LogP contribution in [0, 0.1) is 34.9 Å². The fourth-order valence-electron chi connectivity index (χ4n) is 6.54. The second-order valence-electron chi connectivity index (χ2n) is 15.2. The molecule has 2 unspecified atom stereocenters. The molecular formula is C45H65F2N3O2S. The van der Waals surface area contributed by atoms with E-state index in [2.05, 4.69) is 66.4 Å². The molecule has 0 amide bonds. The van der Waals surface area contributed by atoms with Crippen LogP contribution in [0.2, 0.25) is 0 Å². The smallest absolute Gasteiger partial charge is 0.209 e. The van der Waals surface area contributed by atoms with E-state index in [1.807, 2.05) is 33.8 Å². The van der Waals surface area contributed by atoms with Gasteiger partial charge in [-0.25, -0.2) is 13.8 Å². The molecule has 1 heterocycles.